The zero-order chi connectivity index (χ0) is 38.7. The predicted molar refractivity (Wildman–Crippen MR) is 203 cm³/mol. The van der Waals surface area contributed by atoms with Crippen LogP contribution in [-0.2, 0) is 28.7 Å². The summed E-state index contributed by atoms with van der Waals surface area (Å²) >= 11 is 0. The van der Waals surface area contributed by atoms with Gasteiger partial charge in [0.1, 0.15) is 17.7 Å². The quantitative estimate of drug-likeness (QED) is 0.159. The summed E-state index contributed by atoms with van der Waals surface area (Å²) in [5.74, 6) is -3.58. The molecule has 2 bridgehead atoms. The van der Waals surface area contributed by atoms with Crippen molar-refractivity contribution >= 4 is 23.7 Å². The van der Waals surface area contributed by atoms with Crippen LogP contribution >= 0.6 is 0 Å². The zero-order valence-electron chi connectivity index (χ0n) is 32.1. The minimum absolute atomic E-state index is 0.123. The number of esters is 1. The fourth-order valence-electron chi connectivity index (χ4n) is 9.25. The van der Waals surface area contributed by atoms with Crippen molar-refractivity contribution in [2.24, 2.45) is 17.3 Å². The Bertz CT molecular complexity index is 1650. The molecule has 0 unspecified atom stereocenters. The van der Waals surface area contributed by atoms with Crippen LogP contribution in [0.1, 0.15) is 96.9 Å². The summed E-state index contributed by atoms with van der Waals surface area (Å²) in [6.45, 7) is 19.6. The van der Waals surface area contributed by atoms with Gasteiger partial charge in [-0.25, -0.2) is 0 Å². The van der Waals surface area contributed by atoms with Gasteiger partial charge in [-0.2, -0.15) is 0 Å². The minimum atomic E-state index is -1.32. The second-order valence-electron chi connectivity index (χ2n) is 16.6. The maximum absolute atomic E-state index is 15.3. The number of amides is 3. The zero-order valence-corrected chi connectivity index (χ0v) is 32.1. The fraction of sp³-hybridized carbons (Fsp3) is 0.535. The third-order valence-corrected chi connectivity index (χ3v) is 11.0. The normalized spacial score (nSPS) is 25.3. The van der Waals surface area contributed by atoms with Gasteiger partial charge in [0.15, 0.2) is 0 Å². The Labute approximate surface area is 314 Å². The highest BCUT2D eigenvalue weighted by atomic mass is 16.6. The Hall–Kier alpha value is -4.28. The summed E-state index contributed by atoms with van der Waals surface area (Å²) < 4.78 is 13.1. The van der Waals surface area contributed by atoms with Gasteiger partial charge in [-0.05, 0) is 63.0 Å². The van der Waals surface area contributed by atoms with Crippen molar-refractivity contribution in [3.05, 3.63) is 97.1 Å². The number of fused-ring (bicyclic) bond motifs is 1. The van der Waals surface area contributed by atoms with Crippen molar-refractivity contribution < 1.29 is 33.8 Å². The maximum Gasteiger partial charge on any atom is 0.313 e. The van der Waals surface area contributed by atoms with E-state index in [-0.39, 0.29) is 30.2 Å². The van der Waals surface area contributed by atoms with Gasteiger partial charge in [0, 0.05) is 18.5 Å². The van der Waals surface area contributed by atoms with E-state index in [0.29, 0.717) is 36.8 Å². The van der Waals surface area contributed by atoms with E-state index in [0.717, 1.165) is 0 Å². The number of hydrogen-bond acceptors (Lipinski definition) is 7. The first-order valence-corrected chi connectivity index (χ1v) is 18.8. The van der Waals surface area contributed by atoms with Crippen LogP contribution in [0.15, 0.2) is 86.0 Å². The van der Waals surface area contributed by atoms with Gasteiger partial charge in [0.25, 0.3) is 0 Å². The molecular formula is C43H57N3O7. The van der Waals surface area contributed by atoms with Crippen molar-refractivity contribution in [3.8, 4) is 0 Å². The number of carbonyl (C=O) groups excluding carboxylic acids is 4. The minimum Gasteiger partial charge on any atom is -0.455 e. The molecule has 10 nitrogen and oxygen atoms in total. The van der Waals surface area contributed by atoms with E-state index in [2.05, 4.69) is 39.2 Å². The van der Waals surface area contributed by atoms with Crippen LogP contribution in [0.25, 0.3) is 0 Å². The van der Waals surface area contributed by atoms with E-state index >= 15 is 9.59 Å². The van der Waals surface area contributed by atoms with Gasteiger partial charge in [-0.1, -0.05) is 93.6 Å². The molecule has 53 heavy (non-hydrogen) atoms. The number of nitrogens with zero attached hydrogens (tertiary/aromatic N) is 2. The van der Waals surface area contributed by atoms with E-state index in [4.69, 9.17) is 9.47 Å². The Kier molecular flexibility index (Phi) is 12.0. The average molecular weight is 728 g/mol. The van der Waals surface area contributed by atoms with Gasteiger partial charge >= 0.3 is 5.97 Å². The molecule has 286 valence electrons. The molecule has 8 atom stereocenters. The number of benzene rings is 2. The maximum atomic E-state index is 15.3. The number of ether oxygens (including phenoxy) is 2. The first-order chi connectivity index (χ1) is 25.1. The van der Waals surface area contributed by atoms with E-state index < -0.39 is 71.8 Å². The first-order valence-electron chi connectivity index (χ1n) is 18.8. The van der Waals surface area contributed by atoms with Crippen LogP contribution in [0.3, 0.4) is 0 Å². The summed E-state index contributed by atoms with van der Waals surface area (Å²) in [6.07, 6.45) is 4.11. The average Bonchev–Trinajstić information content (AvgIpc) is 3.76. The highest BCUT2D eigenvalue weighted by Crippen LogP contribution is 2.60. The Morgan fingerprint density at radius 2 is 1.66 bits per heavy atom. The van der Waals surface area contributed by atoms with E-state index in [1.54, 1.807) is 24.0 Å². The van der Waals surface area contributed by atoms with Gasteiger partial charge in [0.2, 0.25) is 17.7 Å². The Balaban J connectivity index is 1.56. The van der Waals surface area contributed by atoms with Crippen molar-refractivity contribution in [2.45, 2.75) is 115 Å². The molecule has 3 fully saturated rings. The second-order valence-corrected chi connectivity index (χ2v) is 16.6. The number of aliphatic hydroxyl groups is 1. The number of rotatable bonds is 16. The predicted octanol–water partition coefficient (Wildman–Crippen LogP) is 6.08. The summed E-state index contributed by atoms with van der Waals surface area (Å²) in [7, 11) is 0. The van der Waals surface area contributed by atoms with Gasteiger partial charge in [-0.3, -0.25) is 19.2 Å². The summed E-state index contributed by atoms with van der Waals surface area (Å²) in [6, 6.07) is 15.8. The highest BCUT2D eigenvalue weighted by molar-refractivity contribution is 5.98. The molecule has 2 N–H and O–H groups in total. The molecule has 0 radical (unpaired) electrons. The molecule has 2 aromatic rings. The molecule has 3 saturated heterocycles. The molecule has 1 spiro atoms. The smallest absolute Gasteiger partial charge is 0.313 e. The van der Waals surface area contributed by atoms with Crippen molar-refractivity contribution in [2.75, 3.05) is 13.2 Å². The summed E-state index contributed by atoms with van der Waals surface area (Å²) in [5, 5.41) is 13.9. The monoisotopic (exact) mass is 727 g/mol. The number of allylic oxidation sites excluding steroid dienone is 1. The number of aliphatic hydroxyl groups excluding tert-OH is 1. The molecule has 2 aromatic carbocycles. The molecule has 0 aliphatic carbocycles. The molecule has 3 aliphatic rings. The van der Waals surface area contributed by atoms with Crippen LogP contribution in [0.4, 0.5) is 0 Å². The third kappa shape index (κ3) is 7.99. The van der Waals surface area contributed by atoms with E-state index in [1.165, 1.54) is 4.90 Å². The number of hydrogen-bond donors (Lipinski definition) is 2. The second kappa shape index (κ2) is 16.0. The van der Waals surface area contributed by atoms with Crippen LogP contribution in [0.5, 0.6) is 0 Å². The van der Waals surface area contributed by atoms with Gasteiger partial charge < -0.3 is 29.7 Å². The van der Waals surface area contributed by atoms with Crippen LogP contribution in [0, 0.1) is 17.3 Å². The lowest BCUT2D eigenvalue weighted by molar-refractivity contribution is -0.163. The number of nitrogens with one attached hydrogen (secondary N) is 1. The third-order valence-electron chi connectivity index (χ3n) is 11.0. The van der Waals surface area contributed by atoms with Crippen molar-refractivity contribution in [3.63, 3.8) is 0 Å². The van der Waals surface area contributed by atoms with Gasteiger partial charge in [0.05, 0.1) is 36.6 Å². The molecule has 10 heteroatoms. The lowest BCUT2D eigenvalue weighted by Gasteiger charge is -2.46. The topological polar surface area (TPSA) is 125 Å². The molecule has 3 aliphatic heterocycles. The Morgan fingerprint density at radius 1 is 1.04 bits per heavy atom. The lowest BCUT2D eigenvalue weighted by atomic mass is 9.70. The lowest BCUT2D eigenvalue weighted by Crippen LogP contribution is -2.61. The van der Waals surface area contributed by atoms with Crippen LogP contribution in [-0.4, -0.2) is 81.1 Å². The summed E-state index contributed by atoms with van der Waals surface area (Å²) in [4.78, 5) is 60.9. The molecule has 0 aromatic heterocycles. The molecule has 3 amide bonds. The Morgan fingerprint density at radius 3 is 2.23 bits per heavy atom. The molecule has 0 saturated carbocycles. The van der Waals surface area contributed by atoms with Crippen LogP contribution in [0.2, 0.25) is 0 Å². The molecule has 3 heterocycles. The fourth-order valence-corrected chi connectivity index (χ4v) is 9.25. The van der Waals surface area contributed by atoms with E-state index in [1.807, 2.05) is 74.5 Å². The van der Waals surface area contributed by atoms with Crippen molar-refractivity contribution in [1.29, 1.82) is 0 Å². The summed E-state index contributed by atoms with van der Waals surface area (Å²) in [5.41, 5.74) is -0.732. The van der Waals surface area contributed by atoms with Crippen LogP contribution < -0.4 is 5.32 Å². The molecular weight excluding hydrogens is 670 g/mol. The number of carbonyl (C=O) groups is 4. The van der Waals surface area contributed by atoms with Crippen molar-refractivity contribution in [1.82, 2.24) is 15.1 Å². The SMILES string of the molecule is C=CCCC(=O)N[C@@H](C)[C@H](OC(=O)[C@@H]1[C@@H]2CC[C@]3(O2)[C@H](C(=O)N(CC=C)C(C)(C)CC(C)(C)C)N([C@H](CO)c2ccccc2)C(=O)[C@@H]13)c1ccccc1. The molecule has 5 rings (SSSR count). The number of likely N-dealkylation sites (tertiary alicyclic amines) is 1. The van der Waals surface area contributed by atoms with E-state index in [9.17, 15) is 14.7 Å². The van der Waals surface area contributed by atoms with Gasteiger partial charge in [-0.15, -0.1) is 13.2 Å². The standard InChI is InChI=1S/C43H57N3O7/c1-9-11-22-33(48)44-28(3)36(30-20-16-13-17-21-30)52-40(51)34-32-23-24-43(53-32)35(34)38(49)46(31(26-47)29-18-14-12-15-19-29)37(43)39(50)45(25-10-2)42(7,8)27-41(4,5)6/h9-10,12-21,28,31-32,34-37,47H,1-2,11,22-27H2,3-8H3,(H,44,48)/t28-,31+,32-,34+,35+,36-,37-,43+/m0/s1. The largest absolute Gasteiger partial charge is 0.455 e. The first kappa shape index (κ1) is 39.9. The highest BCUT2D eigenvalue weighted by Gasteiger charge is 2.76.